The molecule has 8 heteroatoms. The monoisotopic (exact) mass is 366 g/mol. The van der Waals surface area contributed by atoms with Crippen LogP contribution >= 0.6 is 0 Å². The summed E-state index contributed by atoms with van der Waals surface area (Å²) in [7, 11) is 0. The van der Waals surface area contributed by atoms with Gasteiger partial charge in [0, 0.05) is 18.1 Å². The molecule has 0 radical (unpaired) electrons. The van der Waals surface area contributed by atoms with E-state index in [0.717, 1.165) is 17.7 Å². The summed E-state index contributed by atoms with van der Waals surface area (Å²) in [6.45, 7) is 5.09. The zero-order chi connectivity index (χ0) is 19.6. The van der Waals surface area contributed by atoms with Crippen molar-refractivity contribution >= 4 is 28.8 Å². The van der Waals surface area contributed by atoms with Gasteiger partial charge in [0.05, 0.1) is 5.69 Å². The first kappa shape index (κ1) is 18.0. The van der Waals surface area contributed by atoms with Crippen molar-refractivity contribution in [1.82, 2.24) is 9.38 Å². The minimum Gasteiger partial charge on any atom is -0.322 e. The van der Waals surface area contributed by atoms with Crippen LogP contribution in [-0.2, 0) is 4.79 Å². The van der Waals surface area contributed by atoms with Crippen LogP contribution in [0.1, 0.15) is 15.9 Å². The van der Waals surface area contributed by atoms with Crippen LogP contribution < -0.4 is 16.2 Å². The van der Waals surface area contributed by atoms with Crippen molar-refractivity contribution in [2.75, 3.05) is 10.6 Å². The third-order valence-corrected chi connectivity index (χ3v) is 3.84. The van der Waals surface area contributed by atoms with Crippen LogP contribution in [0.5, 0.6) is 0 Å². The predicted octanol–water partition coefficient (Wildman–Crippen LogP) is 2.52. The topological polar surface area (TPSA) is 92.6 Å². The van der Waals surface area contributed by atoms with E-state index in [-0.39, 0.29) is 16.9 Å². The van der Waals surface area contributed by atoms with E-state index in [1.807, 2.05) is 0 Å². The Morgan fingerprint density at radius 3 is 2.78 bits per heavy atom. The van der Waals surface area contributed by atoms with Gasteiger partial charge in [-0.15, -0.1) is 0 Å². The summed E-state index contributed by atoms with van der Waals surface area (Å²) in [5.74, 6) is -1.97. The molecule has 1 aromatic carbocycles. The molecule has 0 saturated carbocycles. The molecule has 2 N–H and O–H groups in total. The lowest BCUT2D eigenvalue weighted by Gasteiger charge is -2.09. The van der Waals surface area contributed by atoms with Crippen molar-refractivity contribution in [3.8, 4) is 0 Å². The molecule has 0 spiro atoms. The number of carbonyl (C=O) groups excluding carboxylic acids is 2. The summed E-state index contributed by atoms with van der Waals surface area (Å²) in [5.41, 5.74) is 0.636. The van der Waals surface area contributed by atoms with Gasteiger partial charge in [-0.3, -0.25) is 18.8 Å². The molecule has 2 aromatic heterocycles. The first-order chi connectivity index (χ1) is 12.9. The normalized spacial score (nSPS) is 10.4. The maximum atomic E-state index is 13.8. The molecule has 0 aliphatic carbocycles. The summed E-state index contributed by atoms with van der Waals surface area (Å²) >= 11 is 0. The van der Waals surface area contributed by atoms with Gasteiger partial charge in [0.25, 0.3) is 11.5 Å². The van der Waals surface area contributed by atoms with Gasteiger partial charge in [0.15, 0.2) is 0 Å². The number of aryl methyl sites for hydroxylation is 1. The Balaban J connectivity index is 1.92. The highest BCUT2D eigenvalue weighted by Crippen LogP contribution is 2.20. The second-order valence-corrected chi connectivity index (χ2v) is 5.70. The van der Waals surface area contributed by atoms with Crippen LogP contribution in [0.15, 0.2) is 60.2 Å². The van der Waals surface area contributed by atoms with Gasteiger partial charge in [-0.05, 0) is 42.8 Å². The Bertz CT molecular complexity index is 1140. The van der Waals surface area contributed by atoms with E-state index in [9.17, 15) is 18.8 Å². The highest BCUT2D eigenvalue weighted by atomic mass is 19.1. The molecule has 3 aromatic rings. The first-order valence-electron chi connectivity index (χ1n) is 7.92. The van der Waals surface area contributed by atoms with Crippen molar-refractivity contribution in [3.05, 3.63) is 82.7 Å². The number of aromatic nitrogens is 2. The number of benzene rings is 1. The van der Waals surface area contributed by atoms with E-state index in [1.54, 1.807) is 19.1 Å². The van der Waals surface area contributed by atoms with Crippen molar-refractivity contribution in [2.45, 2.75) is 6.92 Å². The lowest BCUT2D eigenvalue weighted by molar-refractivity contribution is -0.111. The number of rotatable bonds is 4. The van der Waals surface area contributed by atoms with Crippen LogP contribution in [0.25, 0.3) is 5.65 Å². The molecule has 0 atom stereocenters. The molecule has 0 aliphatic heterocycles. The lowest BCUT2D eigenvalue weighted by atomic mass is 10.2. The molecule has 0 saturated heterocycles. The first-order valence-corrected chi connectivity index (χ1v) is 7.92. The summed E-state index contributed by atoms with van der Waals surface area (Å²) < 4.78 is 15.1. The smallest absolute Gasteiger partial charge is 0.270 e. The number of anilines is 2. The van der Waals surface area contributed by atoms with Crippen LogP contribution in [-0.4, -0.2) is 21.2 Å². The Morgan fingerprint density at radius 2 is 2.04 bits per heavy atom. The number of amides is 2. The maximum absolute atomic E-state index is 13.8. The van der Waals surface area contributed by atoms with E-state index in [2.05, 4.69) is 22.2 Å². The number of hydrogen-bond acceptors (Lipinski definition) is 4. The average Bonchev–Trinajstić information content (AvgIpc) is 2.65. The minimum absolute atomic E-state index is 0.123. The van der Waals surface area contributed by atoms with Gasteiger partial charge >= 0.3 is 0 Å². The molecule has 3 rings (SSSR count). The Hall–Kier alpha value is -3.81. The molecule has 2 amide bonds. The van der Waals surface area contributed by atoms with Gasteiger partial charge in [-0.25, -0.2) is 9.37 Å². The maximum Gasteiger partial charge on any atom is 0.270 e. The molecular formula is C19H15FN4O3. The summed E-state index contributed by atoms with van der Waals surface area (Å²) in [6, 6.07) is 7.13. The molecule has 0 aliphatic rings. The number of fused-ring (bicyclic) bond motifs is 1. The third kappa shape index (κ3) is 3.59. The quantitative estimate of drug-likeness (QED) is 0.694. The fourth-order valence-corrected chi connectivity index (χ4v) is 2.48. The molecule has 0 bridgehead atoms. The molecule has 136 valence electrons. The summed E-state index contributed by atoms with van der Waals surface area (Å²) in [4.78, 5) is 40.5. The van der Waals surface area contributed by atoms with Crippen LogP contribution in [0.3, 0.4) is 0 Å². The number of hydrogen-bond donors (Lipinski definition) is 2. The van der Waals surface area contributed by atoms with E-state index in [0.29, 0.717) is 5.65 Å². The SMILES string of the molecule is C=CC(=O)Nc1cc(NC(=O)c2cnc3c(C)cccn3c2=O)ccc1F. The van der Waals surface area contributed by atoms with Crippen LogP contribution in [0, 0.1) is 12.7 Å². The van der Waals surface area contributed by atoms with E-state index in [1.165, 1.54) is 28.9 Å². The molecular weight excluding hydrogens is 351 g/mol. The third-order valence-electron chi connectivity index (χ3n) is 3.84. The van der Waals surface area contributed by atoms with Gasteiger partial charge in [-0.2, -0.15) is 0 Å². The molecule has 2 heterocycles. The number of halogens is 1. The van der Waals surface area contributed by atoms with Crippen molar-refractivity contribution in [1.29, 1.82) is 0 Å². The average molecular weight is 366 g/mol. The van der Waals surface area contributed by atoms with Gasteiger partial charge in [-0.1, -0.05) is 12.6 Å². The fraction of sp³-hybridized carbons (Fsp3) is 0.0526. The van der Waals surface area contributed by atoms with Crippen molar-refractivity contribution < 1.29 is 14.0 Å². The van der Waals surface area contributed by atoms with Crippen molar-refractivity contribution in [3.63, 3.8) is 0 Å². The number of nitrogens with zero attached hydrogens (tertiary/aromatic N) is 2. The Morgan fingerprint density at radius 1 is 1.26 bits per heavy atom. The van der Waals surface area contributed by atoms with E-state index >= 15 is 0 Å². The van der Waals surface area contributed by atoms with Crippen LogP contribution in [0.2, 0.25) is 0 Å². The highest BCUT2D eigenvalue weighted by molar-refractivity contribution is 6.04. The zero-order valence-corrected chi connectivity index (χ0v) is 14.3. The molecule has 27 heavy (non-hydrogen) atoms. The molecule has 0 unspecified atom stereocenters. The molecule has 7 nitrogen and oxygen atoms in total. The lowest BCUT2D eigenvalue weighted by Crippen LogP contribution is -2.27. The van der Waals surface area contributed by atoms with Gasteiger partial charge in [0.2, 0.25) is 5.91 Å². The highest BCUT2D eigenvalue weighted by Gasteiger charge is 2.15. The van der Waals surface area contributed by atoms with Crippen molar-refractivity contribution in [2.24, 2.45) is 0 Å². The van der Waals surface area contributed by atoms with E-state index in [4.69, 9.17) is 0 Å². The second kappa shape index (κ2) is 7.20. The Labute approximate surface area is 153 Å². The zero-order valence-electron chi connectivity index (χ0n) is 14.3. The van der Waals surface area contributed by atoms with Crippen LogP contribution in [0.4, 0.5) is 15.8 Å². The molecule has 0 fully saturated rings. The number of nitrogens with one attached hydrogen (secondary N) is 2. The Kier molecular flexibility index (Phi) is 4.80. The van der Waals surface area contributed by atoms with E-state index < -0.39 is 23.2 Å². The summed E-state index contributed by atoms with van der Waals surface area (Å²) in [5, 5.41) is 4.79. The predicted molar refractivity (Wildman–Crippen MR) is 99.4 cm³/mol. The number of pyridine rings is 1. The number of carbonyl (C=O) groups is 2. The fourth-order valence-electron chi connectivity index (χ4n) is 2.48. The van der Waals surface area contributed by atoms with Gasteiger partial charge < -0.3 is 10.6 Å². The largest absolute Gasteiger partial charge is 0.322 e. The minimum atomic E-state index is -0.698. The summed E-state index contributed by atoms with van der Waals surface area (Å²) in [6.07, 6.45) is 3.72. The van der Waals surface area contributed by atoms with Gasteiger partial charge in [0.1, 0.15) is 17.0 Å². The standard InChI is InChI=1S/C19H15FN4O3/c1-3-16(25)23-15-9-12(6-7-14(15)20)22-18(26)13-10-21-17-11(2)5-4-8-24(17)19(13)27/h3-10H,1H2,2H3,(H,22,26)(H,23,25). The second-order valence-electron chi connectivity index (χ2n) is 5.70.